The number of rotatable bonds is 3. The molecule has 0 radical (unpaired) electrons. The molecule has 1 aliphatic heterocycles. The largest absolute Gasteiger partial charge is 0.377 e. The van der Waals surface area contributed by atoms with Crippen molar-refractivity contribution < 1.29 is 14.1 Å². The third kappa shape index (κ3) is 4.27. The molecule has 2 aliphatic carbocycles. The average molecular weight is 440 g/mol. The van der Waals surface area contributed by atoms with Crippen LogP contribution in [0.4, 0.5) is 10.5 Å². The van der Waals surface area contributed by atoms with E-state index in [1.54, 1.807) is 0 Å². The van der Waals surface area contributed by atoms with Crippen molar-refractivity contribution in [2.45, 2.75) is 57.6 Å². The Kier molecular flexibility index (Phi) is 5.58. The molecular formula is C24H29N3O3S. The molecule has 1 saturated heterocycles. The molecule has 3 unspecified atom stereocenters. The Labute approximate surface area is 183 Å². The fourth-order valence-corrected chi connectivity index (χ4v) is 7.01. The Bertz CT molecular complexity index is 1090. The summed E-state index contributed by atoms with van der Waals surface area (Å²) in [4.78, 5) is 12.8. The van der Waals surface area contributed by atoms with Crippen LogP contribution >= 0.6 is 0 Å². The van der Waals surface area contributed by atoms with Crippen molar-refractivity contribution in [2.75, 3.05) is 11.1 Å². The first-order valence-corrected chi connectivity index (χ1v) is 12.9. The quantitative estimate of drug-likeness (QED) is 0.680. The minimum atomic E-state index is -3.00. The Morgan fingerprint density at radius 1 is 1.10 bits per heavy atom. The maximum absolute atomic E-state index is 13.2. The molecule has 5 rings (SSSR count). The van der Waals surface area contributed by atoms with Crippen LogP contribution in [0.1, 0.15) is 47.1 Å². The van der Waals surface area contributed by atoms with Gasteiger partial charge in [0.15, 0.2) is 0 Å². The molecule has 3 N–H and O–H groups in total. The molecular weight excluding hydrogens is 410 g/mol. The van der Waals surface area contributed by atoms with Crippen LogP contribution in [0, 0.1) is 5.92 Å². The summed E-state index contributed by atoms with van der Waals surface area (Å²) in [5, 5.41) is 13.5. The van der Waals surface area contributed by atoms with Gasteiger partial charge in [0.2, 0.25) is 0 Å². The van der Waals surface area contributed by atoms with Crippen molar-refractivity contribution in [2.24, 2.45) is 10.3 Å². The van der Waals surface area contributed by atoms with Crippen LogP contribution in [0.2, 0.25) is 0 Å². The molecule has 2 aromatic carbocycles. The van der Waals surface area contributed by atoms with E-state index in [9.17, 15) is 14.1 Å². The number of aliphatic hydroxyl groups is 1. The molecule has 0 saturated carbocycles. The van der Waals surface area contributed by atoms with Crippen LogP contribution in [0.3, 0.4) is 0 Å². The third-order valence-corrected chi connectivity index (χ3v) is 8.65. The van der Waals surface area contributed by atoms with Gasteiger partial charge in [-0.3, -0.25) is 0 Å². The van der Waals surface area contributed by atoms with Crippen molar-refractivity contribution >= 4 is 21.6 Å². The van der Waals surface area contributed by atoms with E-state index in [4.69, 9.17) is 0 Å². The lowest BCUT2D eigenvalue weighted by molar-refractivity contribution is 0.0901. The zero-order chi connectivity index (χ0) is 21.4. The van der Waals surface area contributed by atoms with Crippen LogP contribution in [0.25, 0.3) is 0 Å². The number of aliphatic hydroxyl groups excluding tert-OH is 1. The molecule has 1 fully saturated rings. The predicted octanol–water partition coefficient (Wildman–Crippen LogP) is 3.75. The number of fused-ring (bicyclic) bond motifs is 2. The van der Waals surface area contributed by atoms with E-state index < -0.39 is 22.2 Å². The second-order valence-electron chi connectivity index (χ2n) is 8.90. The van der Waals surface area contributed by atoms with Crippen LogP contribution in [0.15, 0.2) is 40.8 Å². The van der Waals surface area contributed by atoms with Gasteiger partial charge >= 0.3 is 6.03 Å². The van der Waals surface area contributed by atoms with Crippen LogP contribution in [-0.2, 0) is 42.0 Å². The number of hydrogen-bond donors (Lipinski definition) is 3. The Balaban J connectivity index is 1.32. The van der Waals surface area contributed by atoms with Crippen molar-refractivity contribution in [1.82, 2.24) is 4.72 Å². The summed E-state index contributed by atoms with van der Waals surface area (Å²) in [6.07, 6.45) is 6.53. The summed E-state index contributed by atoms with van der Waals surface area (Å²) in [5.41, 5.74) is 7.13. The van der Waals surface area contributed by atoms with E-state index in [1.807, 2.05) is 30.3 Å². The molecule has 0 aromatic heterocycles. The van der Waals surface area contributed by atoms with Crippen LogP contribution in [0.5, 0.6) is 0 Å². The first kappa shape index (κ1) is 20.7. The number of amides is 2. The van der Waals surface area contributed by atoms with Crippen molar-refractivity contribution in [1.29, 1.82) is 0 Å². The summed E-state index contributed by atoms with van der Waals surface area (Å²) >= 11 is 0. The van der Waals surface area contributed by atoms with Crippen molar-refractivity contribution in [3.63, 3.8) is 0 Å². The molecule has 3 atom stereocenters. The van der Waals surface area contributed by atoms with Gasteiger partial charge in [0.25, 0.3) is 0 Å². The maximum Gasteiger partial charge on any atom is 0.354 e. The monoisotopic (exact) mass is 439 g/mol. The molecule has 31 heavy (non-hydrogen) atoms. The number of carbonyl (C=O) groups excluding carboxylic acids is 1. The smallest absolute Gasteiger partial charge is 0.354 e. The number of hydrogen-bond acceptors (Lipinski definition) is 3. The maximum atomic E-state index is 13.2. The summed E-state index contributed by atoms with van der Waals surface area (Å²) < 4.78 is 19.9. The summed E-state index contributed by atoms with van der Waals surface area (Å²) in [6, 6.07) is 11.7. The normalized spacial score (nSPS) is 26.9. The second-order valence-corrected chi connectivity index (χ2v) is 11.0. The van der Waals surface area contributed by atoms with Crippen molar-refractivity contribution in [3.05, 3.63) is 64.2 Å². The Morgan fingerprint density at radius 2 is 1.77 bits per heavy atom. The standard InChI is InChI=1S/C24H29N3O3S/c28-23-19(14-16-6-2-1-3-7-16)12-13-31(30,26-23)27-24(29)25-22-20-10-4-8-17(20)15-18-9-5-11-21(18)22/h1-3,6-7,15,19,23,28H,4-5,8-14H2,(H2,25,26,27,29,30). The van der Waals surface area contributed by atoms with Gasteiger partial charge in [-0.15, -0.1) is 4.36 Å². The Morgan fingerprint density at radius 3 is 2.42 bits per heavy atom. The highest BCUT2D eigenvalue weighted by atomic mass is 32.2. The topological polar surface area (TPSA) is 90.8 Å². The number of anilines is 1. The molecule has 2 amide bonds. The molecule has 7 heteroatoms. The number of nitrogens with zero attached hydrogens (tertiary/aromatic N) is 1. The van der Waals surface area contributed by atoms with E-state index in [2.05, 4.69) is 20.5 Å². The highest BCUT2D eigenvalue weighted by Crippen LogP contribution is 2.38. The van der Waals surface area contributed by atoms with Gasteiger partial charge in [-0.2, -0.15) is 0 Å². The molecule has 1 heterocycles. The Hall–Kier alpha value is -2.22. The van der Waals surface area contributed by atoms with Gasteiger partial charge in [0, 0.05) is 17.4 Å². The minimum absolute atomic E-state index is 0.0594. The highest BCUT2D eigenvalue weighted by Gasteiger charge is 2.31. The van der Waals surface area contributed by atoms with E-state index in [1.165, 1.54) is 22.3 Å². The predicted molar refractivity (Wildman–Crippen MR) is 122 cm³/mol. The first-order chi connectivity index (χ1) is 15.0. The first-order valence-electron chi connectivity index (χ1n) is 11.2. The third-order valence-electron chi connectivity index (χ3n) is 6.79. The van der Waals surface area contributed by atoms with E-state index in [-0.39, 0.29) is 11.7 Å². The average Bonchev–Trinajstić information content (AvgIpc) is 3.40. The lowest BCUT2D eigenvalue weighted by Gasteiger charge is -2.30. The fraction of sp³-hybridized carbons (Fsp3) is 0.458. The SMILES string of the molecule is O=C(N=S1(=O)CCC(Cc2ccccc2)C(O)N1)Nc1c2c(cc3c1CCC3)CCC2. The molecule has 164 valence electrons. The molecule has 0 bridgehead atoms. The summed E-state index contributed by atoms with van der Waals surface area (Å²) in [7, 11) is -3.00. The van der Waals surface area contributed by atoms with Gasteiger partial charge in [-0.05, 0) is 79.2 Å². The fourth-order valence-electron chi connectivity index (χ4n) is 5.25. The number of nitrogens with one attached hydrogen (secondary N) is 2. The molecule has 3 aliphatic rings. The molecule has 0 spiro atoms. The second kappa shape index (κ2) is 8.37. The van der Waals surface area contributed by atoms with Gasteiger partial charge in [-0.1, -0.05) is 36.4 Å². The van der Waals surface area contributed by atoms with Gasteiger partial charge in [0.05, 0.1) is 0 Å². The lowest BCUT2D eigenvalue weighted by Crippen LogP contribution is -2.47. The highest BCUT2D eigenvalue weighted by molar-refractivity contribution is 7.92. The van der Waals surface area contributed by atoms with Gasteiger partial charge < -0.3 is 10.4 Å². The number of aryl methyl sites for hydroxylation is 2. The number of carbonyl (C=O) groups is 1. The van der Waals surface area contributed by atoms with Gasteiger partial charge in [0.1, 0.15) is 16.1 Å². The van der Waals surface area contributed by atoms with E-state index in [0.717, 1.165) is 49.8 Å². The zero-order valence-electron chi connectivity index (χ0n) is 17.6. The zero-order valence-corrected chi connectivity index (χ0v) is 18.4. The van der Waals surface area contributed by atoms with E-state index >= 15 is 0 Å². The van der Waals surface area contributed by atoms with Gasteiger partial charge in [-0.25, -0.2) is 13.7 Å². The lowest BCUT2D eigenvalue weighted by atomic mass is 9.95. The molecule has 6 nitrogen and oxygen atoms in total. The van der Waals surface area contributed by atoms with E-state index in [0.29, 0.717) is 12.8 Å². The number of benzene rings is 2. The van der Waals surface area contributed by atoms with Crippen molar-refractivity contribution in [3.8, 4) is 0 Å². The molecule has 2 aromatic rings. The summed E-state index contributed by atoms with van der Waals surface area (Å²) in [5.74, 6) is 0.191. The number of urea groups is 1. The van der Waals surface area contributed by atoms with Crippen LogP contribution in [-0.4, -0.2) is 27.3 Å². The minimum Gasteiger partial charge on any atom is -0.377 e. The summed E-state index contributed by atoms with van der Waals surface area (Å²) in [6.45, 7) is 0. The van der Waals surface area contributed by atoms with Crippen LogP contribution < -0.4 is 10.0 Å².